The monoisotopic (exact) mass is 456 g/mol. The SMILES string of the molecule is CCCCCCCCCCCCCCCCCC(=O)OC[C@H]1O[C@@H]2OC(C)(C)O[C@@H]2[C@H]1O. The fourth-order valence-electron chi connectivity index (χ4n) is 4.58. The Morgan fingerprint density at radius 2 is 1.31 bits per heavy atom. The Kier molecular flexibility index (Phi) is 13.1. The van der Waals surface area contributed by atoms with Gasteiger partial charge in [0.15, 0.2) is 12.1 Å². The number of hydrogen-bond acceptors (Lipinski definition) is 6. The van der Waals surface area contributed by atoms with E-state index in [0.29, 0.717) is 6.42 Å². The Labute approximate surface area is 195 Å². The fraction of sp³-hybridized carbons (Fsp3) is 0.962. The third-order valence-electron chi connectivity index (χ3n) is 6.51. The van der Waals surface area contributed by atoms with Crippen LogP contribution in [0.4, 0.5) is 0 Å². The van der Waals surface area contributed by atoms with Gasteiger partial charge in [0.1, 0.15) is 24.9 Å². The third kappa shape index (κ3) is 10.5. The Morgan fingerprint density at radius 3 is 1.81 bits per heavy atom. The van der Waals surface area contributed by atoms with Crippen molar-refractivity contribution >= 4 is 5.97 Å². The van der Waals surface area contributed by atoms with Crippen molar-refractivity contribution in [3.8, 4) is 0 Å². The molecule has 6 heteroatoms. The number of aliphatic hydroxyl groups excluding tert-OH is 1. The van der Waals surface area contributed by atoms with Crippen LogP contribution in [0.15, 0.2) is 0 Å². The van der Waals surface area contributed by atoms with E-state index >= 15 is 0 Å². The second-order valence-electron chi connectivity index (χ2n) is 10.0. The molecule has 0 amide bonds. The van der Waals surface area contributed by atoms with Crippen LogP contribution in [-0.4, -0.2) is 48.1 Å². The van der Waals surface area contributed by atoms with E-state index in [-0.39, 0.29) is 12.6 Å². The average Bonchev–Trinajstić information content (AvgIpc) is 3.21. The number of hydrogen-bond donors (Lipinski definition) is 1. The van der Waals surface area contributed by atoms with Crippen LogP contribution in [0.25, 0.3) is 0 Å². The maximum absolute atomic E-state index is 12.0. The molecule has 2 rings (SSSR count). The van der Waals surface area contributed by atoms with E-state index in [0.717, 1.165) is 12.8 Å². The first-order chi connectivity index (χ1) is 15.4. The van der Waals surface area contributed by atoms with Gasteiger partial charge < -0.3 is 24.1 Å². The van der Waals surface area contributed by atoms with Crippen LogP contribution in [0.3, 0.4) is 0 Å². The van der Waals surface area contributed by atoms with Gasteiger partial charge in [0.05, 0.1) is 0 Å². The highest BCUT2D eigenvalue weighted by atomic mass is 16.8. The summed E-state index contributed by atoms with van der Waals surface area (Å²) in [6, 6.07) is 0. The van der Waals surface area contributed by atoms with E-state index < -0.39 is 30.4 Å². The number of carbonyl (C=O) groups excluding carboxylic acids is 1. The van der Waals surface area contributed by atoms with Gasteiger partial charge >= 0.3 is 5.97 Å². The van der Waals surface area contributed by atoms with Gasteiger partial charge in [0.25, 0.3) is 0 Å². The molecule has 0 saturated carbocycles. The topological polar surface area (TPSA) is 74.2 Å². The molecule has 0 spiro atoms. The Hall–Kier alpha value is -0.690. The first-order valence-electron chi connectivity index (χ1n) is 13.3. The molecule has 2 aliphatic heterocycles. The zero-order valence-electron chi connectivity index (χ0n) is 20.8. The highest BCUT2D eigenvalue weighted by molar-refractivity contribution is 5.69. The van der Waals surface area contributed by atoms with Crippen LogP contribution >= 0.6 is 0 Å². The molecule has 0 radical (unpaired) electrons. The van der Waals surface area contributed by atoms with Crippen LogP contribution in [0.1, 0.15) is 124 Å². The van der Waals surface area contributed by atoms with Crippen molar-refractivity contribution in [3.63, 3.8) is 0 Å². The maximum atomic E-state index is 12.0. The van der Waals surface area contributed by atoms with E-state index in [9.17, 15) is 9.90 Å². The molecule has 4 atom stereocenters. The largest absolute Gasteiger partial charge is 0.463 e. The number of unbranched alkanes of at least 4 members (excludes halogenated alkanes) is 14. The minimum atomic E-state index is -0.847. The van der Waals surface area contributed by atoms with Gasteiger partial charge in [-0.2, -0.15) is 0 Å². The third-order valence-corrected chi connectivity index (χ3v) is 6.51. The highest BCUT2D eigenvalue weighted by Gasteiger charge is 2.54. The fourth-order valence-corrected chi connectivity index (χ4v) is 4.58. The van der Waals surface area contributed by atoms with Crippen LogP contribution in [0.2, 0.25) is 0 Å². The molecule has 2 heterocycles. The summed E-state index contributed by atoms with van der Waals surface area (Å²) in [6.45, 7) is 5.88. The number of rotatable bonds is 18. The molecule has 6 nitrogen and oxygen atoms in total. The number of carbonyl (C=O) groups is 1. The first-order valence-corrected chi connectivity index (χ1v) is 13.3. The van der Waals surface area contributed by atoms with Gasteiger partial charge in [-0.25, -0.2) is 0 Å². The van der Waals surface area contributed by atoms with E-state index in [4.69, 9.17) is 18.9 Å². The predicted octanol–water partition coefficient (Wildman–Crippen LogP) is 6.03. The second-order valence-corrected chi connectivity index (χ2v) is 10.0. The lowest BCUT2D eigenvalue weighted by molar-refractivity contribution is -0.220. The van der Waals surface area contributed by atoms with Gasteiger partial charge in [-0.15, -0.1) is 0 Å². The smallest absolute Gasteiger partial charge is 0.305 e. The van der Waals surface area contributed by atoms with Crippen molar-refractivity contribution in [2.24, 2.45) is 0 Å². The molecule has 0 aromatic heterocycles. The van der Waals surface area contributed by atoms with E-state index in [1.807, 2.05) is 0 Å². The van der Waals surface area contributed by atoms with Gasteiger partial charge in [-0.1, -0.05) is 96.8 Å². The van der Waals surface area contributed by atoms with E-state index in [1.165, 1.54) is 83.5 Å². The molecule has 188 valence electrons. The molecule has 0 aromatic rings. The molecule has 0 unspecified atom stereocenters. The normalized spacial score (nSPS) is 26.4. The molecule has 1 N–H and O–H groups in total. The summed E-state index contributed by atoms with van der Waals surface area (Å²) in [5.41, 5.74) is 0. The summed E-state index contributed by atoms with van der Waals surface area (Å²) in [4.78, 5) is 12.0. The summed E-state index contributed by atoms with van der Waals surface area (Å²) in [7, 11) is 0. The predicted molar refractivity (Wildman–Crippen MR) is 125 cm³/mol. The zero-order chi connectivity index (χ0) is 23.2. The van der Waals surface area contributed by atoms with E-state index in [1.54, 1.807) is 13.8 Å². The van der Waals surface area contributed by atoms with Gasteiger partial charge in [0, 0.05) is 6.42 Å². The minimum Gasteiger partial charge on any atom is -0.463 e. The zero-order valence-corrected chi connectivity index (χ0v) is 20.8. The van der Waals surface area contributed by atoms with Crippen molar-refractivity contribution < 1.29 is 28.8 Å². The van der Waals surface area contributed by atoms with Crippen LogP contribution in [0.5, 0.6) is 0 Å². The molecule has 2 fully saturated rings. The lowest BCUT2D eigenvalue weighted by Gasteiger charge is -2.22. The molecule has 0 bridgehead atoms. The van der Waals surface area contributed by atoms with E-state index in [2.05, 4.69) is 6.92 Å². The van der Waals surface area contributed by atoms with Crippen LogP contribution in [-0.2, 0) is 23.7 Å². The first kappa shape index (κ1) is 27.6. The van der Waals surface area contributed by atoms with Crippen LogP contribution < -0.4 is 0 Å². The number of ether oxygens (including phenoxy) is 4. The number of aliphatic hydroxyl groups is 1. The lowest BCUT2D eigenvalue weighted by atomic mass is 10.0. The van der Waals surface area contributed by atoms with Crippen molar-refractivity contribution in [1.82, 2.24) is 0 Å². The summed E-state index contributed by atoms with van der Waals surface area (Å²) < 4.78 is 22.2. The summed E-state index contributed by atoms with van der Waals surface area (Å²) in [5, 5.41) is 10.3. The van der Waals surface area contributed by atoms with Gasteiger partial charge in [-0.05, 0) is 20.3 Å². The molecule has 32 heavy (non-hydrogen) atoms. The Balaban J connectivity index is 1.34. The van der Waals surface area contributed by atoms with Crippen molar-refractivity contribution in [2.45, 2.75) is 154 Å². The molecule has 2 saturated heterocycles. The van der Waals surface area contributed by atoms with Crippen molar-refractivity contribution in [3.05, 3.63) is 0 Å². The van der Waals surface area contributed by atoms with Crippen molar-refractivity contribution in [2.75, 3.05) is 6.61 Å². The molecule has 2 aliphatic rings. The van der Waals surface area contributed by atoms with Crippen LogP contribution in [0, 0.1) is 0 Å². The molecular formula is C26H48O6. The Morgan fingerprint density at radius 1 is 0.812 bits per heavy atom. The summed E-state index contributed by atoms with van der Waals surface area (Å²) >= 11 is 0. The molecule has 0 aromatic carbocycles. The number of fused-ring (bicyclic) bond motifs is 1. The van der Waals surface area contributed by atoms with Gasteiger partial charge in [0.2, 0.25) is 0 Å². The second kappa shape index (κ2) is 15.3. The minimum absolute atomic E-state index is 0.0406. The number of esters is 1. The standard InChI is InChI=1S/C26H48O6/c1-4-5-6-7-8-9-10-11-12-13-14-15-16-17-18-19-22(27)29-20-21-23(28)24-25(30-21)32-26(2,3)31-24/h21,23-25,28H,4-20H2,1-3H3/t21-,23+,24-,25-/m1/s1. The summed E-state index contributed by atoms with van der Waals surface area (Å²) in [6.07, 6.45) is 17.4. The molecule has 0 aliphatic carbocycles. The maximum Gasteiger partial charge on any atom is 0.305 e. The van der Waals surface area contributed by atoms with Crippen molar-refractivity contribution in [1.29, 1.82) is 0 Å². The average molecular weight is 457 g/mol. The Bertz CT molecular complexity index is 509. The quantitative estimate of drug-likeness (QED) is 0.200. The highest BCUT2D eigenvalue weighted by Crippen LogP contribution is 2.37. The molecular weight excluding hydrogens is 408 g/mol. The summed E-state index contributed by atoms with van der Waals surface area (Å²) in [5.74, 6) is -0.986. The van der Waals surface area contributed by atoms with Gasteiger partial charge in [-0.3, -0.25) is 4.79 Å². The lowest BCUT2D eigenvalue weighted by Crippen LogP contribution is -2.37.